The Morgan fingerprint density at radius 3 is 2.30 bits per heavy atom. The molecule has 0 radical (unpaired) electrons. The maximum absolute atomic E-state index is 11.0. The molecule has 0 unspecified atom stereocenters. The van der Waals surface area contributed by atoms with Crippen LogP contribution in [0.3, 0.4) is 0 Å². The standard InChI is InChI=1S/C20H16O2S/c21-20(22)19-12-18(19)14-6-8-16(9-7-14)23-17-10-5-13-3-1-2-4-15(13)11-17/h1-11,18-19H,12H2,(H,21,22)/t18-,19+/m0/s1. The van der Waals surface area contributed by atoms with E-state index in [2.05, 4.69) is 66.7 Å². The minimum atomic E-state index is -0.676. The monoisotopic (exact) mass is 320 g/mol. The van der Waals surface area contributed by atoms with E-state index in [4.69, 9.17) is 5.11 Å². The zero-order valence-corrected chi connectivity index (χ0v) is 13.3. The first-order valence-electron chi connectivity index (χ1n) is 7.70. The van der Waals surface area contributed by atoms with E-state index >= 15 is 0 Å². The Kier molecular flexibility index (Phi) is 3.58. The number of hydrogen-bond donors (Lipinski definition) is 1. The molecule has 0 aromatic heterocycles. The summed E-state index contributed by atoms with van der Waals surface area (Å²) in [6.45, 7) is 0. The van der Waals surface area contributed by atoms with Crippen molar-refractivity contribution in [3.05, 3.63) is 72.3 Å². The second-order valence-corrected chi connectivity index (χ2v) is 7.11. The number of carbonyl (C=O) groups is 1. The van der Waals surface area contributed by atoms with Gasteiger partial charge in [-0.05, 0) is 52.9 Å². The zero-order chi connectivity index (χ0) is 15.8. The van der Waals surface area contributed by atoms with Gasteiger partial charge in [-0.3, -0.25) is 4.79 Å². The minimum absolute atomic E-state index is 0.186. The van der Waals surface area contributed by atoms with E-state index in [1.807, 2.05) is 0 Å². The third-order valence-electron chi connectivity index (χ3n) is 4.37. The van der Waals surface area contributed by atoms with Crippen molar-refractivity contribution in [1.82, 2.24) is 0 Å². The number of aliphatic carboxylic acids is 1. The molecule has 3 heteroatoms. The molecule has 3 aromatic carbocycles. The maximum Gasteiger partial charge on any atom is 0.307 e. The topological polar surface area (TPSA) is 37.3 Å². The van der Waals surface area contributed by atoms with E-state index in [1.165, 1.54) is 20.6 Å². The lowest BCUT2D eigenvalue weighted by Crippen LogP contribution is -1.98. The molecular formula is C20H16O2S. The predicted molar refractivity (Wildman–Crippen MR) is 93.0 cm³/mol. The highest BCUT2D eigenvalue weighted by molar-refractivity contribution is 7.99. The van der Waals surface area contributed by atoms with E-state index < -0.39 is 5.97 Å². The van der Waals surface area contributed by atoms with Gasteiger partial charge in [-0.15, -0.1) is 0 Å². The number of hydrogen-bond acceptors (Lipinski definition) is 2. The van der Waals surface area contributed by atoms with E-state index in [1.54, 1.807) is 11.8 Å². The molecule has 1 fully saturated rings. The fraction of sp³-hybridized carbons (Fsp3) is 0.150. The molecule has 23 heavy (non-hydrogen) atoms. The van der Waals surface area contributed by atoms with Crippen molar-refractivity contribution in [1.29, 1.82) is 0 Å². The summed E-state index contributed by atoms with van der Waals surface area (Å²) in [5.74, 6) is -0.661. The van der Waals surface area contributed by atoms with Gasteiger partial charge in [0.05, 0.1) is 5.92 Å². The molecule has 0 spiro atoms. The Labute approximate surface area is 139 Å². The normalized spacial score (nSPS) is 19.7. The largest absolute Gasteiger partial charge is 0.481 e. The van der Waals surface area contributed by atoms with E-state index in [0.717, 1.165) is 12.0 Å². The van der Waals surface area contributed by atoms with Crippen molar-refractivity contribution < 1.29 is 9.90 Å². The van der Waals surface area contributed by atoms with Gasteiger partial charge < -0.3 is 5.11 Å². The second-order valence-electron chi connectivity index (χ2n) is 5.97. The number of fused-ring (bicyclic) bond motifs is 1. The molecule has 1 aliphatic carbocycles. The Bertz CT molecular complexity index is 870. The first kappa shape index (κ1) is 14.3. The van der Waals surface area contributed by atoms with Crippen LogP contribution in [-0.4, -0.2) is 11.1 Å². The molecule has 0 bridgehead atoms. The number of benzene rings is 3. The summed E-state index contributed by atoms with van der Waals surface area (Å²) in [7, 11) is 0. The lowest BCUT2D eigenvalue weighted by molar-refractivity contribution is -0.138. The first-order valence-corrected chi connectivity index (χ1v) is 8.52. The molecule has 2 nitrogen and oxygen atoms in total. The smallest absolute Gasteiger partial charge is 0.307 e. The van der Waals surface area contributed by atoms with Gasteiger partial charge in [-0.1, -0.05) is 54.2 Å². The molecule has 2 atom stereocenters. The van der Waals surface area contributed by atoms with Crippen LogP contribution in [0, 0.1) is 5.92 Å². The summed E-state index contributed by atoms with van der Waals surface area (Å²) in [6.07, 6.45) is 0.770. The average molecular weight is 320 g/mol. The van der Waals surface area contributed by atoms with Crippen LogP contribution in [0.15, 0.2) is 76.5 Å². The molecular weight excluding hydrogens is 304 g/mol. The number of carboxylic acids is 1. The highest BCUT2D eigenvalue weighted by atomic mass is 32.2. The number of carboxylic acid groups (broad SMARTS) is 1. The zero-order valence-electron chi connectivity index (χ0n) is 12.5. The molecule has 1 N–H and O–H groups in total. The molecule has 0 saturated heterocycles. The Hall–Kier alpha value is -2.26. The van der Waals surface area contributed by atoms with Gasteiger partial charge in [0.1, 0.15) is 0 Å². The van der Waals surface area contributed by atoms with E-state index in [-0.39, 0.29) is 11.8 Å². The number of rotatable bonds is 4. The third-order valence-corrected chi connectivity index (χ3v) is 5.37. The molecule has 1 aliphatic rings. The van der Waals surface area contributed by atoms with Crippen molar-refractivity contribution in [2.24, 2.45) is 5.92 Å². The average Bonchev–Trinajstić information content (AvgIpc) is 3.36. The molecule has 1 saturated carbocycles. The minimum Gasteiger partial charge on any atom is -0.481 e. The van der Waals surface area contributed by atoms with Crippen LogP contribution in [0.25, 0.3) is 10.8 Å². The van der Waals surface area contributed by atoms with Gasteiger partial charge in [0, 0.05) is 9.79 Å². The van der Waals surface area contributed by atoms with E-state index in [9.17, 15) is 4.79 Å². The highest BCUT2D eigenvalue weighted by Crippen LogP contribution is 2.47. The molecule has 4 rings (SSSR count). The molecule has 0 aliphatic heterocycles. The lowest BCUT2D eigenvalue weighted by Gasteiger charge is -2.05. The third kappa shape index (κ3) is 2.97. The highest BCUT2D eigenvalue weighted by Gasteiger charge is 2.43. The Morgan fingerprint density at radius 1 is 0.913 bits per heavy atom. The molecule has 0 amide bonds. The van der Waals surface area contributed by atoms with Crippen LogP contribution in [0.2, 0.25) is 0 Å². The summed E-state index contributed by atoms with van der Waals surface area (Å²) in [5, 5.41) is 11.5. The van der Waals surface area contributed by atoms with Crippen molar-refractivity contribution in [3.63, 3.8) is 0 Å². The molecule has 114 valence electrons. The van der Waals surface area contributed by atoms with Crippen LogP contribution >= 0.6 is 11.8 Å². The maximum atomic E-state index is 11.0. The fourth-order valence-corrected chi connectivity index (χ4v) is 3.85. The summed E-state index contributed by atoms with van der Waals surface area (Å²) in [5.41, 5.74) is 1.14. The van der Waals surface area contributed by atoms with Crippen molar-refractivity contribution in [2.45, 2.75) is 22.1 Å². The van der Waals surface area contributed by atoms with Gasteiger partial charge >= 0.3 is 5.97 Å². The van der Waals surface area contributed by atoms with Crippen LogP contribution in [-0.2, 0) is 4.79 Å². The van der Waals surface area contributed by atoms with Crippen LogP contribution in [0.4, 0.5) is 0 Å². The van der Waals surface area contributed by atoms with E-state index in [0.29, 0.717) is 0 Å². The Morgan fingerprint density at radius 2 is 1.61 bits per heavy atom. The summed E-state index contributed by atoms with van der Waals surface area (Å²) < 4.78 is 0. The first-order chi connectivity index (χ1) is 11.2. The summed E-state index contributed by atoms with van der Waals surface area (Å²) in [4.78, 5) is 13.3. The summed E-state index contributed by atoms with van der Waals surface area (Å²) >= 11 is 1.73. The molecule has 0 heterocycles. The predicted octanol–water partition coefficient (Wildman–Crippen LogP) is 5.18. The lowest BCUT2D eigenvalue weighted by atomic mass is 10.1. The van der Waals surface area contributed by atoms with Gasteiger partial charge in [-0.2, -0.15) is 0 Å². The summed E-state index contributed by atoms with van der Waals surface area (Å²) in [6, 6.07) is 23.2. The second kappa shape index (κ2) is 5.74. The quantitative estimate of drug-likeness (QED) is 0.720. The Balaban J connectivity index is 1.51. The van der Waals surface area contributed by atoms with Crippen molar-refractivity contribution in [3.8, 4) is 0 Å². The fourth-order valence-electron chi connectivity index (χ4n) is 2.99. The van der Waals surface area contributed by atoms with Crippen LogP contribution in [0.1, 0.15) is 17.9 Å². The van der Waals surface area contributed by atoms with Gasteiger partial charge in [-0.25, -0.2) is 0 Å². The van der Waals surface area contributed by atoms with Gasteiger partial charge in [0.2, 0.25) is 0 Å². The van der Waals surface area contributed by atoms with Gasteiger partial charge in [0.25, 0.3) is 0 Å². The van der Waals surface area contributed by atoms with Crippen LogP contribution < -0.4 is 0 Å². The van der Waals surface area contributed by atoms with Crippen LogP contribution in [0.5, 0.6) is 0 Å². The SMILES string of the molecule is O=C(O)[C@@H]1C[C@H]1c1ccc(Sc2ccc3ccccc3c2)cc1. The van der Waals surface area contributed by atoms with Gasteiger partial charge in [0.15, 0.2) is 0 Å². The van der Waals surface area contributed by atoms with Crippen molar-refractivity contribution in [2.75, 3.05) is 0 Å². The molecule has 3 aromatic rings. The van der Waals surface area contributed by atoms with Crippen molar-refractivity contribution >= 4 is 28.5 Å².